The molecule has 2 saturated heterocycles. The Morgan fingerprint density at radius 2 is 1.79 bits per heavy atom. The van der Waals surface area contributed by atoms with Crippen LogP contribution in [0.2, 0.25) is 0 Å². The number of carbonyl (C=O) groups is 1. The summed E-state index contributed by atoms with van der Waals surface area (Å²) < 4.78 is 0. The Labute approximate surface area is 167 Å². The lowest BCUT2D eigenvalue weighted by Crippen LogP contribution is -2.39. The molecule has 1 aromatic carbocycles. The third-order valence-electron chi connectivity index (χ3n) is 5.68. The average Bonchev–Trinajstić information content (AvgIpc) is 2.75. The summed E-state index contributed by atoms with van der Waals surface area (Å²) in [6.07, 6.45) is 9.35. The molecule has 2 aliphatic rings. The molecule has 28 heavy (non-hydrogen) atoms. The topological polar surface area (TPSA) is 61.4 Å². The van der Waals surface area contributed by atoms with Gasteiger partial charge in [0.25, 0.3) is 5.91 Å². The van der Waals surface area contributed by atoms with E-state index in [2.05, 4.69) is 51.4 Å². The Balaban J connectivity index is 1.37. The molecule has 2 aliphatic heterocycles. The second-order valence-corrected chi connectivity index (χ2v) is 8.01. The quantitative estimate of drug-likeness (QED) is 0.867. The maximum Gasteiger partial charge on any atom is 0.274 e. The molecule has 2 aromatic rings. The van der Waals surface area contributed by atoms with E-state index in [1.165, 1.54) is 31.4 Å². The van der Waals surface area contributed by atoms with Crippen LogP contribution in [0.4, 0.5) is 17.2 Å². The molecule has 2 fully saturated rings. The van der Waals surface area contributed by atoms with Crippen LogP contribution < -0.4 is 10.2 Å². The Morgan fingerprint density at radius 1 is 1.00 bits per heavy atom. The zero-order chi connectivity index (χ0) is 19.3. The lowest BCUT2D eigenvalue weighted by molar-refractivity contribution is 0.0676. The molecule has 6 nitrogen and oxygen atoms in total. The predicted molar refractivity (Wildman–Crippen MR) is 112 cm³/mol. The first-order chi connectivity index (χ1) is 13.7. The molecular formula is C22H29N5O. The largest absolute Gasteiger partial charge is 0.372 e. The van der Waals surface area contributed by atoms with Crippen LogP contribution in [0.5, 0.6) is 0 Å². The Bertz CT molecular complexity index is 784. The second kappa shape index (κ2) is 8.59. The Morgan fingerprint density at radius 3 is 2.46 bits per heavy atom. The fourth-order valence-electron chi connectivity index (χ4n) is 4.09. The zero-order valence-corrected chi connectivity index (χ0v) is 16.6. The number of hydrogen-bond acceptors (Lipinski definition) is 5. The molecular weight excluding hydrogens is 350 g/mol. The molecule has 1 amide bonds. The van der Waals surface area contributed by atoms with Gasteiger partial charge in [0.1, 0.15) is 11.5 Å². The van der Waals surface area contributed by atoms with E-state index in [9.17, 15) is 4.79 Å². The van der Waals surface area contributed by atoms with Gasteiger partial charge in [-0.2, -0.15) is 0 Å². The van der Waals surface area contributed by atoms with Gasteiger partial charge in [-0.3, -0.25) is 4.79 Å². The minimum atomic E-state index is -0.0171. The fourth-order valence-corrected chi connectivity index (χ4v) is 4.09. The minimum Gasteiger partial charge on any atom is -0.372 e. The Kier molecular flexibility index (Phi) is 5.74. The molecule has 0 aliphatic carbocycles. The molecule has 1 aromatic heterocycles. The molecule has 0 saturated carbocycles. The van der Waals surface area contributed by atoms with E-state index in [-0.39, 0.29) is 5.91 Å². The van der Waals surface area contributed by atoms with Crippen molar-refractivity contribution in [3.05, 3.63) is 42.4 Å². The number of piperidine rings is 2. The lowest BCUT2D eigenvalue weighted by atomic mass is 10.0. The van der Waals surface area contributed by atoms with Gasteiger partial charge in [-0.15, -0.1) is 0 Å². The van der Waals surface area contributed by atoms with Crippen LogP contribution in [-0.2, 0) is 0 Å². The number of aromatic nitrogens is 2. The maximum absolute atomic E-state index is 12.6. The first-order valence-corrected chi connectivity index (χ1v) is 10.4. The zero-order valence-electron chi connectivity index (χ0n) is 16.6. The smallest absolute Gasteiger partial charge is 0.274 e. The monoisotopic (exact) mass is 379 g/mol. The summed E-state index contributed by atoms with van der Waals surface area (Å²) in [6.45, 7) is 6.10. The molecule has 0 spiro atoms. The van der Waals surface area contributed by atoms with Crippen molar-refractivity contribution in [2.24, 2.45) is 5.92 Å². The van der Waals surface area contributed by atoms with Gasteiger partial charge >= 0.3 is 0 Å². The highest BCUT2D eigenvalue weighted by Gasteiger charge is 2.23. The molecule has 0 bridgehead atoms. The number of hydrogen-bond donors (Lipinski definition) is 1. The van der Waals surface area contributed by atoms with E-state index in [1.807, 2.05) is 4.90 Å². The highest BCUT2D eigenvalue weighted by Crippen LogP contribution is 2.23. The van der Waals surface area contributed by atoms with Crippen molar-refractivity contribution in [1.29, 1.82) is 0 Å². The third kappa shape index (κ3) is 4.43. The maximum atomic E-state index is 12.6. The lowest BCUT2D eigenvalue weighted by Gasteiger charge is -2.30. The van der Waals surface area contributed by atoms with E-state index >= 15 is 0 Å². The van der Waals surface area contributed by atoms with Crippen LogP contribution in [0.25, 0.3) is 0 Å². The van der Waals surface area contributed by atoms with Crippen molar-refractivity contribution in [2.45, 2.75) is 39.0 Å². The van der Waals surface area contributed by atoms with Gasteiger partial charge in [-0.1, -0.05) is 6.92 Å². The van der Waals surface area contributed by atoms with Gasteiger partial charge in [0, 0.05) is 37.6 Å². The fraction of sp³-hybridized carbons (Fsp3) is 0.500. The molecule has 148 valence electrons. The van der Waals surface area contributed by atoms with Gasteiger partial charge in [-0.05, 0) is 62.3 Å². The summed E-state index contributed by atoms with van der Waals surface area (Å²) in [5.74, 6) is 1.19. The van der Waals surface area contributed by atoms with Crippen LogP contribution in [0.15, 0.2) is 36.7 Å². The van der Waals surface area contributed by atoms with Crippen molar-refractivity contribution >= 4 is 23.1 Å². The number of nitrogens with one attached hydrogen (secondary N) is 1. The van der Waals surface area contributed by atoms with Crippen LogP contribution in [0.3, 0.4) is 0 Å². The summed E-state index contributed by atoms with van der Waals surface area (Å²) in [5, 5.41) is 3.27. The summed E-state index contributed by atoms with van der Waals surface area (Å²) in [4.78, 5) is 25.7. The number of likely N-dealkylation sites (tertiary alicyclic amines) is 1. The Hall–Kier alpha value is -2.63. The van der Waals surface area contributed by atoms with E-state index in [0.29, 0.717) is 17.4 Å². The van der Waals surface area contributed by atoms with Gasteiger partial charge < -0.3 is 15.1 Å². The molecule has 3 heterocycles. The first-order valence-electron chi connectivity index (χ1n) is 10.4. The van der Waals surface area contributed by atoms with Crippen molar-refractivity contribution in [3.63, 3.8) is 0 Å². The standard InChI is InChI=1S/C22H29N5O/c1-17-6-5-13-27(16-17)22(28)20-14-24-21(15-23-20)25-18-7-9-19(10-8-18)26-11-3-2-4-12-26/h7-10,14-15,17H,2-6,11-13,16H2,1H3,(H,24,25). The van der Waals surface area contributed by atoms with Crippen molar-refractivity contribution < 1.29 is 4.79 Å². The van der Waals surface area contributed by atoms with Gasteiger partial charge in [0.2, 0.25) is 0 Å². The highest BCUT2D eigenvalue weighted by molar-refractivity contribution is 5.92. The van der Waals surface area contributed by atoms with Crippen molar-refractivity contribution in [1.82, 2.24) is 14.9 Å². The molecule has 6 heteroatoms. The third-order valence-corrected chi connectivity index (χ3v) is 5.68. The van der Waals surface area contributed by atoms with E-state index in [1.54, 1.807) is 12.4 Å². The van der Waals surface area contributed by atoms with Crippen molar-refractivity contribution in [2.75, 3.05) is 36.4 Å². The number of nitrogens with zero attached hydrogens (tertiary/aromatic N) is 4. The molecule has 1 N–H and O–H groups in total. The first kappa shape index (κ1) is 18.7. The second-order valence-electron chi connectivity index (χ2n) is 8.01. The average molecular weight is 380 g/mol. The molecule has 4 rings (SSSR count). The summed E-state index contributed by atoms with van der Waals surface area (Å²) in [6, 6.07) is 8.44. The molecule has 0 radical (unpaired) electrons. The van der Waals surface area contributed by atoms with Gasteiger partial charge in [0.05, 0.1) is 12.4 Å². The molecule has 1 atom stereocenters. The van der Waals surface area contributed by atoms with Crippen LogP contribution in [-0.4, -0.2) is 47.0 Å². The minimum absolute atomic E-state index is 0.0171. The normalized spacial score (nSPS) is 20.1. The number of carbonyl (C=O) groups excluding carboxylic acids is 1. The van der Waals surface area contributed by atoms with Crippen LogP contribution >= 0.6 is 0 Å². The summed E-state index contributed by atoms with van der Waals surface area (Å²) >= 11 is 0. The van der Waals surface area contributed by atoms with E-state index in [4.69, 9.17) is 0 Å². The summed E-state index contributed by atoms with van der Waals surface area (Å²) in [5.41, 5.74) is 2.66. The number of benzene rings is 1. The predicted octanol–water partition coefficient (Wildman–Crippen LogP) is 4.08. The number of amides is 1. The molecule has 1 unspecified atom stereocenters. The van der Waals surface area contributed by atoms with Crippen LogP contribution in [0.1, 0.15) is 49.5 Å². The van der Waals surface area contributed by atoms with Gasteiger partial charge in [-0.25, -0.2) is 9.97 Å². The van der Waals surface area contributed by atoms with Crippen LogP contribution in [0, 0.1) is 5.92 Å². The highest BCUT2D eigenvalue weighted by atomic mass is 16.2. The summed E-state index contributed by atoms with van der Waals surface area (Å²) in [7, 11) is 0. The SMILES string of the molecule is CC1CCCN(C(=O)c2cnc(Nc3ccc(N4CCCCC4)cc3)cn2)C1. The van der Waals surface area contributed by atoms with E-state index in [0.717, 1.165) is 38.3 Å². The van der Waals surface area contributed by atoms with Crippen molar-refractivity contribution in [3.8, 4) is 0 Å². The van der Waals surface area contributed by atoms with Gasteiger partial charge in [0.15, 0.2) is 0 Å². The van der Waals surface area contributed by atoms with E-state index < -0.39 is 0 Å². The number of anilines is 3. The number of rotatable bonds is 4.